The Hall–Kier alpha value is -1.80. The number of halogens is 1. The van der Waals surface area contributed by atoms with Crippen molar-refractivity contribution < 1.29 is 22.7 Å². The van der Waals surface area contributed by atoms with E-state index in [-0.39, 0.29) is 5.56 Å². The summed E-state index contributed by atoms with van der Waals surface area (Å²) in [7, 11) is -3.89. The van der Waals surface area contributed by atoms with Crippen LogP contribution in [0.25, 0.3) is 0 Å². The number of carboxylic acids is 1. The molecule has 0 fully saturated rings. The number of rotatable bonds is 4. The lowest BCUT2D eigenvalue weighted by molar-refractivity contribution is 0.0696. The highest BCUT2D eigenvalue weighted by Crippen LogP contribution is 2.22. The van der Waals surface area contributed by atoms with Gasteiger partial charge >= 0.3 is 5.97 Å². The molecule has 0 spiro atoms. The second kappa shape index (κ2) is 5.29. The smallest absolute Gasteiger partial charge is 0.335 e. The van der Waals surface area contributed by atoms with E-state index in [1.165, 1.54) is 11.3 Å². The predicted octanol–water partition coefficient (Wildman–Crippen LogP) is 2.26. The first-order chi connectivity index (χ1) is 9.29. The highest BCUT2D eigenvalue weighted by Gasteiger charge is 2.22. The number of aromatic nitrogens is 1. The first-order valence-electron chi connectivity index (χ1n) is 5.46. The average molecular weight is 315 g/mol. The van der Waals surface area contributed by atoms with Crippen LogP contribution >= 0.6 is 11.3 Å². The fourth-order valence-electron chi connectivity index (χ4n) is 1.60. The molecule has 0 amide bonds. The molecule has 0 atom stereocenters. The molecular weight excluding hydrogens is 305 g/mol. The van der Waals surface area contributed by atoms with Gasteiger partial charge in [-0.05, 0) is 25.1 Å². The van der Waals surface area contributed by atoms with Crippen molar-refractivity contribution in [3.8, 4) is 0 Å². The molecule has 2 aromatic rings. The number of benzene rings is 1. The van der Waals surface area contributed by atoms with E-state index in [2.05, 4.69) is 4.98 Å². The van der Waals surface area contributed by atoms with Crippen LogP contribution in [0.2, 0.25) is 0 Å². The fourth-order valence-corrected chi connectivity index (χ4v) is 4.07. The molecule has 0 saturated heterocycles. The number of aromatic carboxylic acids is 1. The molecular formula is C12H10FNO4S2. The van der Waals surface area contributed by atoms with Gasteiger partial charge in [-0.15, -0.1) is 11.3 Å². The van der Waals surface area contributed by atoms with E-state index >= 15 is 0 Å². The van der Waals surface area contributed by atoms with Crippen LogP contribution in [-0.2, 0) is 15.6 Å². The Morgan fingerprint density at radius 3 is 2.65 bits per heavy atom. The summed E-state index contributed by atoms with van der Waals surface area (Å²) in [5, 5.41) is 10.8. The number of thiazole rings is 1. The molecule has 106 valence electrons. The number of carbonyl (C=O) groups is 1. The lowest BCUT2D eigenvalue weighted by Crippen LogP contribution is -2.08. The monoisotopic (exact) mass is 315 g/mol. The van der Waals surface area contributed by atoms with Gasteiger partial charge in [0.15, 0.2) is 9.84 Å². The number of sulfone groups is 1. The minimum atomic E-state index is -3.89. The Labute approximate surface area is 118 Å². The first kappa shape index (κ1) is 14.6. The zero-order valence-electron chi connectivity index (χ0n) is 10.3. The summed E-state index contributed by atoms with van der Waals surface area (Å²) in [5.41, 5.74) is 0.397. The summed E-state index contributed by atoms with van der Waals surface area (Å²) < 4.78 is 37.9. The normalized spacial score (nSPS) is 11.5. The van der Waals surface area contributed by atoms with Crippen molar-refractivity contribution in [2.45, 2.75) is 17.6 Å². The van der Waals surface area contributed by atoms with Crippen LogP contribution in [0.15, 0.2) is 28.5 Å². The number of hydrogen-bond donors (Lipinski definition) is 1. The Balaban J connectivity index is 2.37. The van der Waals surface area contributed by atoms with Gasteiger partial charge in [0.1, 0.15) is 21.5 Å². The van der Waals surface area contributed by atoms with Gasteiger partial charge in [-0.25, -0.2) is 22.6 Å². The van der Waals surface area contributed by atoms with E-state index in [1.54, 1.807) is 12.3 Å². The Kier molecular flexibility index (Phi) is 3.87. The van der Waals surface area contributed by atoms with Gasteiger partial charge < -0.3 is 5.11 Å². The van der Waals surface area contributed by atoms with Gasteiger partial charge in [0, 0.05) is 11.1 Å². The number of nitrogens with zero attached hydrogens (tertiary/aromatic N) is 1. The third-order valence-electron chi connectivity index (χ3n) is 2.49. The predicted molar refractivity (Wildman–Crippen MR) is 71.1 cm³/mol. The van der Waals surface area contributed by atoms with Gasteiger partial charge in [0.25, 0.3) is 0 Å². The molecule has 2 rings (SSSR count). The summed E-state index contributed by atoms with van der Waals surface area (Å²) in [6.07, 6.45) is 0. The van der Waals surface area contributed by atoms with Crippen molar-refractivity contribution in [2.24, 2.45) is 0 Å². The maximum atomic E-state index is 13.8. The molecule has 8 heteroatoms. The molecule has 1 heterocycles. The van der Waals surface area contributed by atoms with Crippen molar-refractivity contribution in [1.82, 2.24) is 4.98 Å². The summed E-state index contributed by atoms with van der Waals surface area (Å²) in [5.74, 6) is -2.80. The molecule has 0 aliphatic rings. The second-order valence-electron chi connectivity index (χ2n) is 4.09. The van der Waals surface area contributed by atoms with E-state index in [1.807, 2.05) is 0 Å². The van der Waals surface area contributed by atoms with Crippen molar-refractivity contribution in [2.75, 3.05) is 0 Å². The molecule has 20 heavy (non-hydrogen) atoms. The van der Waals surface area contributed by atoms with E-state index in [0.29, 0.717) is 16.8 Å². The van der Waals surface area contributed by atoms with E-state index in [0.717, 1.165) is 12.1 Å². The summed E-state index contributed by atoms with van der Waals surface area (Å²) in [6.45, 7) is 1.73. The van der Waals surface area contributed by atoms with Crippen LogP contribution < -0.4 is 0 Å². The van der Waals surface area contributed by atoms with Crippen molar-refractivity contribution in [3.05, 3.63) is 45.7 Å². The van der Waals surface area contributed by atoms with Gasteiger partial charge in [0.2, 0.25) is 0 Å². The Bertz CT molecular complexity index is 768. The highest BCUT2D eigenvalue weighted by atomic mass is 32.2. The van der Waals surface area contributed by atoms with Gasteiger partial charge in [-0.2, -0.15) is 0 Å². The largest absolute Gasteiger partial charge is 0.478 e. The summed E-state index contributed by atoms with van der Waals surface area (Å²) >= 11 is 1.18. The molecule has 0 aliphatic carbocycles. The Morgan fingerprint density at radius 1 is 1.45 bits per heavy atom. The summed E-state index contributed by atoms with van der Waals surface area (Å²) in [4.78, 5) is 14.2. The molecule has 0 aliphatic heterocycles. The highest BCUT2D eigenvalue weighted by molar-refractivity contribution is 7.90. The minimum absolute atomic E-state index is 0.299. The van der Waals surface area contributed by atoms with Crippen molar-refractivity contribution in [3.63, 3.8) is 0 Å². The average Bonchev–Trinajstić information content (AvgIpc) is 2.73. The molecule has 0 radical (unpaired) electrons. The van der Waals surface area contributed by atoms with Crippen LogP contribution in [0.4, 0.5) is 4.39 Å². The van der Waals surface area contributed by atoms with E-state index in [4.69, 9.17) is 5.11 Å². The maximum Gasteiger partial charge on any atom is 0.335 e. The molecule has 0 saturated carbocycles. The van der Waals surface area contributed by atoms with Gasteiger partial charge in [0.05, 0.1) is 5.56 Å². The zero-order chi connectivity index (χ0) is 14.9. The number of hydrogen-bond acceptors (Lipinski definition) is 5. The topological polar surface area (TPSA) is 84.3 Å². The standard InChI is InChI=1S/C12H10FNO4S2/c1-7-5-19-11(14-7)6-20(17,18)10-3-2-8(12(15)16)4-9(10)13/h2-5H,6H2,1H3,(H,15,16). The minimum Gasteiger partial charge on any atom is -0.478 e. The summed E-state index contributed by atoms with van der Waals surface area (Å²) in [6, 6.07) is 2.72. The molecule has 0 unspecified atom stereocenters. The van der Waals surface area contributed by atoms with E-state index < -0.39 is 32.3 Å². The van der Waals surface area contributed by atoms with Crippen LogP contribution in [0.5, 0.6) is 0 Å². The molecule has 1 aromatic carbocycles. The SMILES string of the molecule is Cc1csc(CS(=O)(=O)c2ccc(C(=O)O)cc2F)n1. The number of carboxylic acid groups (broad SMARTS) is 1. The van der Waals surface area contributed by atoms with Crippen molar-refractivity contribution >= 4 is 27.1 Å². The third-order valence-corrected chi connectivity index (χ3v) is 5.30. The fraction of sp³-hybridized carbons (Fsp3) is 0.167. The van der Waals surface area contributed by atoms with Crippen LogP contribution in [0, 0.1) is 12.7 Å². The van der Waals surface area contributed by atoms with Crippen LogP contribution in [0.3, 0.4) is 0 Å². The van der Waals surface area contributed by atoms with Crippen LogP contribution in [0.1, 0.15) is 21.1 Å². The first-order valence-corrected chi connectivity index (χ1v) is 7.99. The molecule has 5 nitrogen and oxygen atoms in total. The maximum absolute atomic E-state index is 13.8. The van der Waals surface area contributed by atoms with Gasteiger partial charge in [-0.3, -0.25) is 0 Å². The van der Waals surface area contributed by atoms with Gasteiger partial charge in [-0.1, -0.05) is 0 Å². The van der Waals surface area contributed by atoms with E-state index in [9.17, 15) is 17.6 Å². The molecule has 1 N–H and O–H groups in total. The lowest BCUT2D eigenvalue weighted by atomic mass is 10.2. The third kappa shape index (κ3) is 3.02. The zero-order valence-corrected chi connectivity index (χ0v) is 12.0. The quantitative estimate of drug-likeness (QED) is 0.935. The molecule has 0 bridgehead atoms. The van der Waals surface area contributed by atoms with Crippen LogP contribution in [-0.4, -0.2) is 24.5 Å². The van der Waals surface area contributed by atoms with Crippen molar-refractivity contribution in [1.29, 1.82) is 0 Å². The second-order valence-corrected chi connectivity index (χ2v) is 6.99. The Morgan fingerprint density at radius 2 is 2.15 bits per heavy atom. The lowest BCUT2D eigenvalue weighted by Gasteiger charge is -2.05. The molecule has 1 aromatic heterocycles. The number of aryl methyl sites for hydroxylation is 1.